The van der Waals surface area contributed by atoms with Crippen LogP contribution in [0.4, 0.5) is 13.2 Å². The van der Waals surface area contributed by atoms with Gasteiger partial charge in [0.1, 0.15) is 0 Å². The minimum absolute atomic E-state index is 0.279. The van der Waals surface area contributed by atoms with Crippen LogP contribution >= 0.6 is 0 Å². The summed E-state index contributed by atoms with van der Waals surface area (Å²) in [4.78, 5) is 0. The van der Waals surface area contributed by atoms with Crippen molar-refractivity contribution in [2.75, 3.05) is 0 Å². The summed E-state index contributed by atoms with van der Waals surface area (Å²) in [5.74, 6) is -0.356. The molecular formula is C18H16F3N3O2S. The van der Waals surface area contributed by atoms with Crippen molar-refractivity contribution in [1.29, 1.82) is 0 Å². The van der Waals surface area contributed by atoms with E-state index in [4.69, 9.17) is 5.14 Å². The highest BCUT2D eigenvalue weighted by atomic mass is 32.2. The summed E-state index contributed by atoms with van der Waals surface area (Å²) in [6.45, 7) is 1.88. The molecule has 0 aliphatic heterocycles. The molecule has 0 aliphatic carbocycles. The smallest absolute Gasteiger partial charge is 0.233 e. The topological polar surface area (TPSA) is 78.0 Å². The predicted octanol–water partition coefficient (Wildman–Crippen LogP) is 3.66. The van der Waals surface area contributed by atoms with E-state index >= 15 is 0 Å². The van der Waals surface area contributed by atoms with Crippen LogP contribution < -0.4 is 5.14 Å². The SMILES string of the molecule is Cc1ccc(-c2cc(C(F)(F)F)nn2-c2ccc(CS(N)(=O)=O)cc2)cc1. The van der Waals surface area contributed by atoms with E-state index in [2.05, 4.69) is 5.10 Å². The number of hydrogen-bond acceptors (Lipinski definition) is 3. The molecule has 0 spiro atoms. The van der Waals surface area contributed by atoms with Gasteiger partial charge in [0.25, 0.3) is 0 Å². The maximum Gasteiger partial charge on any atom is 0.435 e. The number of benzene rings is 2. The lowest BCUT2D eigenvalue weighted by atomic mass is 10.1. The number of primary sulfonamides is 1. The number of nitrogens with two attached hydrogens (primary N) is 1. The Kier molecular flexibility index (Phi) is 4.83. The van der Waals surface area contributed by atoms with Gasteiger partial charge in [0, 0.05) is 5.56 Å². The predicted molar refractivity (Wildman–Crippen MR) is 95.6 cm³/mol. The molecule has 5 nitrogen and oxygen atoms in total. The van der Waals surface area contributed by atoms with Gasteiger partial charge in [-0.1, -0.05) is 42.0 Å². The van der Waals surface area contributed by atoms with Crippen LogP contribution in [0.3, 0.4) is 0 Å². The minimum Gasteiger partial charge on any atom is -0.233 e. The van der Waals surface area contributed by atoms with Crippen LogP contribution in [0.1, 0.15) is 16.8 Å². The summed E-state index contributed by atoms with van der Waals surface area (Å²) in [6.07, 6.45) is -4.59. The third-order valence-corrected chi connectivity index (χ3v) is 4.63. The molecule has 0 amide bonds. The van der Waals surface area contributed by atoms with Gasteiger partial charge in [0.15, 0.2) is 5.69 Å². The summed E-state index contributed by atoms with van der Waals surface area (Å²) >= 11 is 0. The highest BCUT2D eigenvalue weighted by Crippen LogP contribution is 2.33. The molecule has 0 radical (unpaired) electrons. The second-order valence-electron chi connectivity index (χ2n) is 6.16. The van der Waals surface area contributed by atoms with Gasteiger partial charge in [-0.2, -0.15) is 18.3 Å². The molecule has 0 saturated carbocycles. The zero-order valence-corrected chi connectivity index (χ0v) is 15.1. The Morgan fingerprint density at radius 3 is 2.15 bits per heavy atom. The van der Waals surface area contributed by atoms with Gasteiger partial charge in [-0.05, 0) is 30.7 Å². The molecule has 9 heteroatoms. The highest BCUT2D eigenvalue weighted by Gasteiger charge is 2.35. The molecule has 3 rings (SSSR count). The number of hydrogen-bond donors (Lipinski definition) is 1. The van der Waals surface area contributed by atoms with Crippen molar-refractivity contribution in [2.24, 2.45) is 5.14 Å². The first-order valence-electron chi connectivity index (χ1n) is 7.87. The third kappa shape index (κ3) is 4.55. The van der Waals surface area contributed by atoms with Crippen molar-refractivity contribution < 1.29 is 21.6 Å². The van der Waals surface area contributed by atoms with Crippen molar-refractivity contribution in [3.05, 3.63) is 71.4 Å². The monoisotopic (exact) mass is 395 g/mol. The number of aromatic nitrogens is 2. The van der Waals surface area contributed by atoms with E-state index in [1.54, 1.807) is 24.3 Å². The molecule has 142 valence electrons. The second-order valence-corrected chi connectivity index (χ2v) is 7.78. The second kappa shape index (κ2) is 6.82. The van der Waals surface area contributed by atoms with E-state index in [0.29, 0.717) is 16.8 Å². The maximum atomic E-state index is 13.2. The normalized spacial score (nSPS) is 12.3. The number of alkyl halides is 3. The van der Waals surface area contributed by atoms with Crippen molar-refractivity contribution in [3.8, 4) is 16.9 Å². The maximum absolute atomic E-state index is 13.2. The van der Waals surface area contributed by atoms with Gasteiger partial charge in [0.05, 0.1) is 17.1 Å². The van der Waals surface area contributed by atoms with E-state index in [0.717, 1.165) is 11.6 Å². The van der Waals surface area contributed by atoms with Gasteiger partial charge >= 0.3 is 6.18 Å². The van der Waals surface area contributed by atoms with Gasteiger partial charge < -0.3 is 0 Å². The van der Waals surface area contributed by atoms with Gasteiger partial charge in [-0.3, -0.25) is 0 Å². The average Bonchev–Trinajstić information content (AvgIpc) is 3.00. The lowest BCUT2D eigenvalue weighted by Gasteiger charge is -2.09. The van der Waals surface area contributed by atoms with E-state index in [1.807, 2.05) is 6.92 Å². The first-order valence-corrected chi connectivity index (χ1v) is 9.58. The zero-order valence-electron chi connectivity index (χ0n) is 14.2. The summed E-state index contributed by atoms with van der Waals surface area (Å²) < 4.78 is 63.0. The number of rotatable bonds is 4. The van der Waals surface area contributed by atoms with Gasteiger partial charge in [0.2, 0.25) is 10.0 Å². The van der Waals surface area contributed by atoms with E-state index < -0.39 is 21.9 Å². The molecule has 0 fully saturated rings. The van der Waals surface area contributed by atoms with Crippen molar-refractivity contribution >= 4 is 10.0 Å². The molecule has 0 unspecified atom stereocenters. The lowest BCUT2D eigenvalue weighted by Crippen LogP contribution is -2.14. The Morgan fingerprint density at radius 2 is 1.63 bits per heavy atom. The van der Waals surface area contributed by atoms with Gasteiger partial charge in [-0.25, -0.2) is 18.2 Å². The fourth-order valence-corrected chi connectivity index (χ4v) is 3.27. The number of aryl methyl sites for hydroxylation is 1. The van der Waals surface area contributed by atoms with Crippen LogP contribution in [0.5, 0.6) is 0 Å². The summed E-state index contributed by atoms with van der Waals surface area (Å²) in [5.41, 5.74) is 1.64. The first-order chi connectivity index (χ1) is 12.5. The van der Waals surface area contributed by atoms with E-state index in [9.17, 15) is 21.6 Å². The fourth-order valence-electron chi connectivity index (χ4n) is 2.61. The molecular weight excluding hydrogens is 379 g/mol. The van der Waals surface area contributed by atoms with Crippen molar-refractivity contribution in [3.63, 3.8) is 0 Å². The van der Waals surface area contributed by atoms with Crippen LogP contribution in [-0.4, -0.2) is 18.2 Å². The van der Waals surface area contributed by atoms with E-state index in [-0.39, 0.29) is 11.4 Å². The van der Waals surface area contributed by atoms with Gasteiger partial charge in [-0.15, -0.1) is 0 Å². The third-order valence-electron chi connectivity index (χ3n) is 3.90. The molecule has 2 aromatic carbocycles. The molecule has 27 heavy (non-hydrogen) atoms. The Labute approximate surface area is 154 Å². The summed E-state index contributed by atoms with van der Waals surface area (Å²) in [7, 11) is -3.70. The minimum atomic E-state index is -4.59. The summed E-state index contributed by atoms with van der Waals surface area (Å²) in [6, 6.07) is 14.0. The number of nitrogens with zero attached hydrogens (tertiary/aromatic N) is 2. The number of halogens is 3. The highest BCUT2D eigenvalue weighted by molar-refractivity contribution is 7.88. The van der Waals surface area contributed by atoms with Crippen LogP contribution in [0.25, 0.3) is 16.9 Å². The standard InChI is InChI=1S/C18H16F3N3O2S/c1-12-2-6-14(7-3-12)16-10-17(18(19,20)21)23-24(16)15-8-4-13(5-9-15)11-27(22,25)26/h2-10H,11H2,1H3,(H2,22,25,26). The van der Waals surface area contributed by atoms with Crippen molar-refractivity contribution in [1.82, 2.24) is 9.78 Å². The van der Waals surface area contributed by atoms with Crippen LogP contribution in [0, 0.1) is 6.92 Å². The average molecular weight is 395 g/mol. The largest absolute Gasteiger partial charge is 0.435 e. The quantitative estimate of drug-likeness (QED) is 0.732. The molecule has 0 atom stereocenters. The fraction of sp³-hybridized carbons (Fsp3) is 0.167. The zero-order chi connectivity index (χ0) is 19.8. The van der Waals surface area contributed by atoms with E-state index in [1.165, 1.54) is 28.9 Å². The Morgan fingerprint density at radius 1 is 1.04 bits per heavy atom. The molecule has 1 heterocycles. The molecule has 0 saturated heterocycles. The van der Waals surface area contributed by atoms with Crippen molar-refractivity contribution in [2.45, 2.75) is 18.9 Å². The van der Waals surface area contributed by atoms with Crippen LogP contribution in [0.15, 0.2) is 54.6 Å². The first kappa shape index (κ1) is 19.1. The number of sulfonamides is 1. The lowest BCUT2D eigenvalue weighted by molar-refractivity contribution is -0.141. The molecule has 1 aromatic heterocycles. The molecule has 0 bridgehead atoms. The molecule has 2 N–H and O–H groups in total. The molecule has 3 aromatic rings. The Hall–Kier alpha value is -2.65. The Balaban J connectivity index is 2.08. The van der Waals surface area contributed by atoms with Crippen LogP contribution in [-0.2, 0) is 22.0 Å². The summed E-state index contributed by atoms with van der Waals surface area (Å²) in [5, 5.41) is 8.71. The van der Waals surface area contributed by atoms with Crippen LogP contribution in [0.2, 0.25) is 0 Å². The molecule has 0 aliphatic rings. The Bertz CT molecular complexity index is 1050.